The van der Waals surface area contributed by atoms with E-state index in [1.54, 1.807) is 4.57 Å². The highest BCUT2D eigenvalue weighted by Crippen LogP contribution is 2.31. The van der Waals surface area contributed by atoms with Crippen LogP contribution in [-0.2, 0) is 16.4 Å². The van der Waals surface area contributed by atoms with Crippen LogP contribution in [0.2, 0.25) is 0 Å². The van der Waals surface area contributed by atoms with Gasteiger partial charge < -0.3 is 10.6 Å². The standard InChI is InChI=1S/C15H12F3N3.C8H13N3O/c1-19-11-3-5-12(6-4-11)21-9-20-13-8-10(15(16,17)18)2-7-14(13)21;1-8(2,3)6-4-7(9-5-12)11-10-6/h2-9,19H,1H3;4-5H,1-3H3,(H2,9,10,11,12). The molecule has 0 bridgehead atoms. The number of carbonyl (C=O) groups excluding carboxylic acids is 1. The van der Waals surface area contributed by atoms with Crippen LogP contribution in [0.25, 0.3) is 16.7 Å². The van der Waals surface area contributed by atoms with Crippen molar-refractivity contribution < 1.29 is 18.0 Å². The van der Waals surface area contributed by atoms with Gasteiger partial charge in [0, 0.05) is 35.6 Å². The lowest BCUT2D eigenvalue weighted by Gasteiger charge is -2.14. The van der Waals surface area contributed by atoms with E-state index in [0.29, 0.717) is 23.3 Å². The van der Waals surface area contributed by atoms with E-state index in [4.69, 9.17) is 0 Å². The predicted octanol–water partition coefficient (Wildman–Crippen LogP) is 5.36. The number of aromatic nitrogens is 4. The van der Waals surface area contributed by atoms with Gasteiger partial charge >= 0.3 is 6.18 Å². The summed E-state index contributed by atoms with van der Waals surface area (Å²) in [7, 11) is 1.82. The molecule has 2 aromatic carbocycles. The molecule has 2 heterocycles. The summed E-state index contributed by atoms with van der Waals surface area (Å²) in [5.41, 5.74) is 3.12. The number of hydrogen-bond donors (Lipinski definition) is 3. The molecule has 0 fully saturated rings. The first-order valence-corrected chi connectivity index (χ1v) is 10.1. The van der Waals surface area contributed by atoms with Crippen LogP contribution in [0, 0.1) is 0 Å². The highest BCUT2D eigenvalue weighted by molar-refractivity contribution is 5.78. The number of halogens is 3. The molecule has 0 unspecified atom stereocenters. The van der Waals surface area contributed by atoms with E-state index in [1.165, 1.54) is 12.4 Å². The van der Waals surface area contributed by atoms with Gasteiger partial charge in [0.25, 0.3) is 0 Å². The highest BCUT2D eigenvalue weighted by atomic mass is 19.4. The monoisotopic (exact) mass is 458 g/mol. The van der Waals surface area contributed by atoms with Crippen LogP contribution in [0.3, 0.4) is 0 Å². The van der Waals surface area contributed by atoms with Gasteiger partial charge in [-0.15, -0.1) is 0 Å². The number of nitrogens with one attached hydrogen (secondary N) is 3. The third kappa shape index (κ3) is 5.71. The Labute approximate surface area is 189 Å². The lowest BCUT2D eigenvalue weighted by atomic mass is 9.92. The molecule has 0 atom stereocenters. The van der Waals surface area contributed by atoms with Crippen molar-refractivity contribution in [1.82, 2.24) is 19.7 Å². The molecule has 0 aliphatic heterocycles. The second kappa shape index (κ2) is 9.35. The molecule has 4 aromatic rings. The van der Waals surface area contributed by atoms with Crippen LogP contribution in [0.4, 0.5) is 24.7 Å². The van der Waals surface area contributed by atoms with Crippen molar-refractivity contribution in [2.75, 3.05) is 17.7 Å². The fourth-order valence-corrected chi connectivity index (χ4v) is 3.02. The second-order valence-corrected chi connectivity index (χ2v) is 8.29. The Morgan fingerprint density at radius 3 is 2.27 bits per heavy atom. The van der Waals surface area contributed by atoms with E-state index in [1.807, 2.05) is 37.4 Å². The maximum absolute atomic E-state index is 12.7. The van der Waals surface area contributed by atoms with Crippen LogP contribution >= 0.6 is 0 Å². The molecule has 3 N–H and O–H groups in total. The number of anilines is 2. The number of fused-ring (bicyclic) bond motifs is 1. The number of H-pyrrole nitrogens is 1. The molecule has 1 amide bonds. The van der Waals surface area contributed by atoms with Gasteiger partial charge in [0.1, 0.15) is 6.33 Å². The molecule has 0 radical (unpaired) electrons. The van der Waals surface area contributed by atoms with Crippen molar-refractivity contribution in [3.05, 3.63) is 66.1 Å². The molecule has 0 spiro atoms. The Morgan fingerprint density at radius 2 is 1.73 bits per heavy atom. The van der Waals surface area contributed by atoms with Gasteiger partial charge in [-0.25, -0.2) is 4.98 Å². The third-order valence-corrected chi connectivity index (χ3v) is 4.90. The summed E-state index contributed by atoms with van der Waals surface area (Å²) < 4.78 is 39.8. The van der Waals surface area contributed by atoms with Gasteiger partial charge in [-0.05, 0) is 42.5 Å². The van der Waals surface area contributed by atoms with Gasteiger partial charge in [0.15, 0.2) is 5.82 Å². The zero-order valence-corrected chi connectivity index (χ0v) is 18.7. The average molecular weight is 458 g/mol. The molecule has 0 aliphatic carbocycles. The number of hydrogen-bond acceptors (Lipinski definition) is 4. The Bertz CT molecular complexity index is 1220. The Hall–Kier alpha value is -3.82. The van der Waals surface area contributed by atoms with Crippen LogP contribution in [0.1, 0.15) is 32.0 Å². The highest BCUT2D eigenvalue weighted by Gasteiger charge is 2.30. The number of rotatable bonds is 4. The molecule has 4 rings (SSSR count). The molecule has 2 aromatic heterocycles. The van der Waals surface area contributed by atoms with E-state index < -0.39 is 11.7 Å². The van der Waals surface area contributed by atoms with E-state index in [-0.39, 0.29) is 5.41 Å². The van der Waals surface area contributed by atoms with Gasteiger partial charge in [0.05, 0.1) is 16.6 Å². The van der Waals surface area contributed by atoms with Crippen molar-refractivity contribution >= 4 is 28.9 Å². The number of carbonyl (C=O) groups is 1. The largest absolute Gasteiger partial charge is 0.416 e. The fraction of sp³-hybridized carbons (Fsp3) is 0.261. The summed E-state index contributed by atoms with van der Waals surface area (Å²) in [6, 6.07) is 13.0. The number of imidazole rings is 1. The van der Waals surface area contributed by atoms with Crippen LogP contribution in [-0.4, -0.2) is 33.2 Å². The number of nitrogens with zero attached hydrogens (tertiary/aromatic N) is 3. The minimum Gasteiger partial charge on any atom is -0.388 e. The SMILES string of the molecule is CC(C)(C)c1cc(NC=O)n[nH]1.CNc1ccc(-n2cnc3cc(C(F)(F)F)ccc32)cc1. The molecular weight excluding hydrogens is 433 g/mol. The van der Waals surface area contributed by atoms with Crippen molar-refractivity contribution in [2.45, 2.75) is 32.4 Å². The minimum atomic E-state index is -4.35. The summed E-state index contributed by atoms with van der Waals surface area (Å²) in [5.74, 6) is 0.565. The number of alkyl halides is 3. The van der Waals surface area contributed by atoms with Gasteiger partial charge in [-0.2, -0.15) is 18.3 Å². The normalized spacial score (nSPS) is 11.6. The van der Waals surface area contributed by atoms with Crippen LogP contribution in [0.5, 0.6) is 0 Å². The first-order valence-electron chi connectivity index (χ1n) is 10.1. The third-order valence-electron chi connectivity index (χ3n) is 4.90. The smallest absolute Gasteiger partial charge is 0.388 e. The number of benzene rings is 2. The van der Waals surface area contributed by atoms with Gasteiger partial charge in [-0.1, -0.05) is 20.8 Å². The first kappa shape index (κ1) is 23.8. The fourth-order valence-electron chi connectivity index (χ4n) is 3.02. The Morgan fingerprint density at radius 1 is 1.03 bits per heavy atom. The molecule has 33 heavy (non-hydrogen) atoms. The predicted molar refractivity (Wildman–Crippen MR) is 123 cm³/mol. The average Bonchev–Trinajstić information content (AvgIpc) is 3.41. The first-order chi connectivity index (χ1) is 15.5. The summed E-state index contributed by atoms with van der Waals surface area (Å²) in [6.07, 6.45) is -2.21. The topological polar surface area (TPSA) is 87.6 Å². The molecule has 0 saturated carbocycles. The molecule has 10 heteroatoms. The Kier molecular flexibility index (Phi) is 6.75. The molecule has 174 valence electrons. The van der Waals surface area contributed by atoms with Crippen molar-refractivity contribution in [3.63, 3.8) is 0 Å². The Balaban J connectivity index is 0.000000218. The number of amides is 1. The maximum atomic E-state index is 12.7. The summed E-state index contributed by atoms with van der Waals surface area (Å²) in [5, 5.41) is 12.3. The molecular formula is C23H25F3N6O. The van der Waals surface area contributed by atoms with Crippen molar-refractivity contribution in [3.8, 4) is 5.69 Å². The summed E-state index contributed by atoms with van der Waals surface area (Å²) >= 11 is 0. The summed E-state index contributed by atoms with van der Waals surface area (Å²) in [6.45, 7) is 6.22. The van der Waals surface area contributed by atoms with E-state index in [2.05, 4.69) is 46.6 Å². The second-order valence-electron chi connectivity index (χ2n) is 8.29. The zero-order valence-electron chi connectivity index (χ0n) is 18.7. The van der Waals surface area contributed by atoms with Crippen LogP contribution in [0.15, 0.2) is 54.9 Å². The van der Waals surface area contributed by atoms with Gasteiger partial charge in [-0.3, -0.25) is 14.5 Å². The van der Waals surface area contributed by atoms with Crippen molar-refractivity contribution in [2.24, 2.45) is 0 Å². The maximum Gasteiger partial charge on any atom is 0.416 e. The quantitative estimate of drug-likeness (QED) is 0.359. The van der Waals surface area contributed by atoms with E-state index in [0.717, 1.165) is 29.2 Å². The lowest BCUT2D eigenvalue weighted by Crippen LogP contribution is -2.11. The van der Waals surface area contributed by atoms with Crippen molar-refractivity contribution in [1.29, 1.82) is 0 Å². The summed E-state index contributed by atoms with van der Waals surface area (Å²) in [4.78, 5) is 14.1. The minimum absolute atomic E-state index is 0.0375. The number of aromatic amines is 1. The molecule has 7 nitrogen and oxygen atoms in total. The van der Waals surface area contributed by atoms with E-state index in [9.17, 15) is 18.0 Å². The van der Waals surface area contributed by atoms with E-state index >= 15 is 0 Å². The zero-order chi connectivity index (χ0) is 24.2. The molecule has 0 saturated heterocycles. The lowest BCUT2D eigenvalue weighted by molar-refractivity contribution is -0.137. The van der Waals surface area contributed by atoms with Gasteiger partial charge in [0.2, 0.25) is 6.41 Å². The molecule has 0 aliphatic rings. The van der Waals surface area contributed by atoms with Crippen LogP contribution < -0.4 is 10.6 Å².